The van der Waals surface area contributed by atoms with Crippen molar-refractivity contribution in [3.63, 3.8) is 0 Å². The number of aryl methyl sites for hydroxylation is 1. The van der Waals surface area contributed by atoms with Gasteiger partial charge in [0.05, 0.1) is 7.11 Å². The second kappa shape index (κ2) is 4.58. The molecule has 18 heavy (non-hydrogen) atoms. The molecule has 0 bridgehead atoms. The molecule has 4 nitrogen and oxygen atoms in total. The van der Waals surface area contributed by atoms with E-state index in [9.17, 15) is 26.3 Å². The Morgan fingerprint density at radius 1 is 1.17 bits per heavy atom. The molecule has 0 aliphatic heterocycles. The van der Waals surface area contributed by atoms with Gasteiger partial charge in [0.1, 0.15) is 0 Å². The number of hydrogen-bond donors (Lipinski definition) is 0. The molecule has 1 heterocycles. The van der Waals surface area contributed by atoms with E-state index in [1.165, 1.54) is 0 Å². The SMILES string of the molecule is COc1c(C(F)(F)F)nn(C)c1OCC(F)(F)F. The number of methoxy groups -OCH3 is 1. The number of ether oxygens (including phenoxy) is 2. The summed E-state index contributed by atoms with van der Waals surface area (Å²) in [6, 6.07) is 0. The molecule has 0 aliphatic rings. The Labute approximate surface area is 97.1 Å². The summed E-state index contributed by atoms with van der Waals surface area (Å²) in [6.07, 6.45) is -9.52. The monoisotopic (exact) mass is 278 g/mol. The molecule has 0 unspecified atom stereocenters. The van der Waals surface area contributed by atoms with Crippen molar-refractivity contribution in [3.8, 4) is 11.6 Å². The molecule has 0 atom stereocenters. The van der Waals surface area contributed by atoms with Crippen LogP contribution < -0.4 is 9.47 Å². The third kappa shape index (κ3) is 3.20. The molecular weight excluding hydrogens is 270 g/mol. The maximum absolute atomic E-state index is 12.5. The predicted molar refractivity (Wildman–Crippen MR) is 46.3 cm³/mol. The van der Waals surface area contributed by atoms with Gasteiger partial charge in [-0.15, -0.1) is 0 Å². The quantitative estimate of drug-likeness (QED) is 0.796. The van der Waals surface area contributed by atoms with Gasteiger partial charge in [0.2, 0.25) is 11.4 Å². The zero-order valence-corrected chi connectivity index (χ0v) is 9.19. The fourth-order valence-corrected chi connectivity index (χ4v) is 1.17. The van der Waals surface area contributed by atoms with Crippen molar-refractivity contribution in [2.45, 2.75) is 12.4 Å². The average Bonchev–Trinajstić information content (AvgIpc) is 2.50. The Bertz CT molecular complexity index is 422. The van der Waals surface area contributed by atoms with Crippen LogP contribution in [0.3, 0.4) is 0 Å². The van der Waals surface area contributed by atoms with Gasteiger partial charge >= 0.3 is 12.4 Å². The highest BCUT2D eigenvalue weighted by Gasteiger charge is 2.41. The minimum Gasteiger partial charge on any atom is -0.490 e. The normalized spacial score (nSPS) is 12.7. The number of halogens is 6. The first-order valence-electron chi connectivity index (χ1n) is 4.44. The first kappa shape index (κ1) is 14.5. The van der Waals surface area contributed by atoms with Crippen LogP contribution in [0.5, 0.6) is 11.6 Å². The molecule has 1 aromatic rings. The summed E-state index contributed by atoms with van der Waals surface area (Å²) in [7, 11) is 1.90. The lowest BCUT2D eigenvalue weighted by Crippen LogP contribution is -2.20. The highest BCUT2D eigenvalue weighted by atomic mass is 19.4. The van der Waals surface area contributed by atoms with Crippen LogP contribution in [-0.4, -0.2) is 29.7 Å². The summed E-state index contributed by atoms with van der Waals surface area (Å²) in [5.41, 5.74) is -1.44. The van der Waals surface area contributed by atoms with Gasteiger partial charge in [-0.2, -0.15) is 31.4 Å². The Morgan fingerprint density at radius 2 is 1.72 bits per heavy atom. The maximum atomic E-state index is 12.5. The Kier molecular flexibility index (Phi) is 3.67. The van der Waals surface area contributed by atoms with E-state index in [4.69, 9.17) is 0 Å². The minimum atomic E-state index is -4.84. The summed E-state index contributed by atoms with van der Waals surface area (Å²) in [4.78, 5) is 0. The Hall–Kier alpha value is -1.61. The van der Waals surface area contributed by atoms with E-state index in [1.54, 1.807) is 0 Å². The molecule has 1 rings (SSSR count). The third-order valence-corrected chi connectivity index (χ3v) is 1.80. The molecule has 1 aromatic heterocycles. The Balaban J connectivity index is 3.09. The first-order valence-corrected chi connectivity index (χ1v) is 4.44. The van der Waals surface area contributed by atoms with E-state index in [2.05, 4.69) is 14.6 Å². The van der Waals surface area contributed by atoms with Crippen LogP contribution in [0.2, 0.25) is 0 Å². The summed E-state index contributed by atoms with van der Waals surface area (Å²) >= 11 is 0. The number of rotatable bonds is 3. The highest BCUT2D eigenvalue weighted by molar-refractivity contribution is 5.40. The van der Waals surface area contributed by atoms with Crippen LogP contribution in [0.15, 0.2) is 0 Å². The van der Waals surface area contributed by atoms with Crippen molar-refractivity contribution in [2.24, 2.45) is 7.05 Å². The number of alkyl halides is 6. The fraction of sp³-hybridized carbons (Fsp3) is 0.625. The second-order valence-electron chi connectivity index (χ2n) is 3.21. The average molecular weight is 278 g/mol. The molecule has 0 aromatic carbocycles. The van der Waals surface area contributed by atoms with Gasteiger partial charge in [0, 0.05) is 7.05 Å². The first-order chi connectivity index (χ1) is 8.06. The molecule has 104 valence electrons. The number of aromatic nitrogens is 2. The summed E-state index contributed by atoms with van der Waals surface area (Å²) in [6.45, 7) is -1.74. The summed E-state index contributed by atoms with van der Waals surface area (Å²) in [5, 5.41) is 3.03. The molecule has 10 heteroatoms. The molecule has 0 spiro atoms. The molecule has 0 saturated carbocycles. The van der Waals surface area contributed by atoms with Gasteiger partial charge in [-0.3, -0.25) is 0 Å². The standard InChI is InChI=1S/C8H8F6N2O2/c1-16-6(18-3-7(9,10)11)4(17-2)5(15-16)8(12,13)14/h3H2,1-2H3. The molecule has 0 N–H and O–H groups in total. The topological polar surface area (TPSA) is 36.3 Å². The minimum absolute atomic E-state index is 0.535. The molecular formula is C8H8F6N2O2. The van der Waals surface area contributed by atoms with E-state index >= 15 is 0 Å². The van der Waals surface area contributed by atoms with Crippen molar-refractivity contribution in [2.75, 3.05) is 13.7 Å². The van der Waals surface area contributed by atoms with Crippen molar-refractivity contribution in [1.29, 1.82) is 0 Å². The van der Waals surface area contributed by atoms with Gasteiger partial charge in [0.25, 0.3) is 5.88 Å². The maximum Gasteiger partial charge on any atom is 0.439 e. The van der Waals surface area contributed by atoms with E-state index in [0.717, 1.165) is 14.2 Å². The zero-order chi connectivity index (χ0) is 14.1. The lowest BCUT2D eigenvalue weighted by Gasteiger charge is -2.10. The summed E-state index contributed by atoms with van der Waals surface area (Å²) in [5.74, 6) is -1.61. The van der Waals surface area contributed by atoms with E-state index in [1.807, 2.05) is 0 Å². The number of nitrogens with zero attached hydrogens (tertiary/aromatic N) is 2. The van der Waals surface area contributed by atoms with Gasteiger partial charge in [-0.25, -0.2) is 4.68 Å². The van der Waals surface area contributed by atoms with Crippen molar-refractivity contribution in [3.05, 3.63) is 5.69 Å². The Morgan fingerprint density at radius 3 is 2.11 bits per heavy atom. The fourth-order valence-electron chi connectivity index (χ4n) is 1.17. The smallest absolute Gasteiger partial charge is 0.439 e. The number of hydrogen-bond acceptors (Lipinski definition) is 3. The van der Waals surface area contributed by atoms with Gasteiger partial charge < -0.3 is 9.47 Å². The molecule has 0 aliphatic carbocycles. The van der Waals surface area contributed by atoms with Gasteiger partial charge in [-0.1, -0.05) is 0 Å². The van der Waals surface area contributed by atoms with E-state index < -0.39 is 36.3 Å². The van der Waals surface area contributed by atoms with Crippen LogP contribution in [0.25, 0.3) is 0 Å². The largest absolute Gasteiger partial charge is 0.490 e. The molecule has 0 saturated heterocycles. The zero-order valence-electron chi connectivity index (χ0n) is 9.19. The van der Waals surface area contributed by atoms with Crippen molar-refractivity contribution < 1.29 is 35.8 Å². The van der Waals surface area contributed by atoms with E-state index in [0.29, 0.717) is 4.68 Å². The van der Waals surface area contributed by atoms with Crippen molar-refractivity contribution >= 4 is 0 Å². The van der Waals surface area contributed by atoms with Gasteiger partial charge in [-0.05, 0) is 0 Å². The molecule has 0 radical (unpaired) electrons. The van der Waals surface area contributed by atoms with Crippen LogP contribution in [0, 0.1) is 0 Å². The third-order valence-electron chi connectivity index (χ3n) is 1.80. The molecule has 0 fully saturated rings. The highest BCUT2D eigenvalue weighted by Crippen LogP contribution is 2.41. The lowest BCUT2D eigenvalue weighted by atomic mass is 10.4. The molecule has 0 amide bonds. The predicted octanol–water partition coefficient (Wildman–Crippen LogP) is 2.39. The lowest BCUT2D eigenvalue weighted by molar-refractivity contribution is -0.154. The second-order valence-corrected chi connectivity index (χ2v) is 3.21. The summed E-state index contributed by atoms with van der Waals surface area (Å²) < 4.78 is 82.4. The van der Waals surface area contributed by atoms with Gasteiger partial charge in [0.15, 0.2) is 6.61 Å². The van der Waals surface area contributed by atoms with Crippen LogP contribution in [0.1, 0.15) is 5.69 Å². The van der Waals surface area contributed by atoms with Crippen LogP contribution in [0.4, 0.5) is 26.3 Å². The van der Waals surface area contributed by atoms with E-state index in [-0.39, 0.29) is 0 Å². The van der Waals surface area contributed by atoms with Crippen LogP contribution in [-0.2, 0) is 13.2 Å². The van der Waals surface area contributed by atoms with Crippen LogP contribution >= 0.6 is 0 Å². The van der Waals surface area contributed by atoms with Crippen molar-refractivity contribution in [1.82, 2.24) is 9.78 Å².